The fourth-order valence-electron chi connectivity index (χ4n) is 6.13. The maximum atomic E-state index is 13.8. The quantitative estimate of drug-likeness (QED) is 0.361. The molecule has 31 heavy (non-hydrogen) atoms. The van der Waals surface area contributed by atoms with Gasteiger partial charge in [0, 0.05) is 23.5 Å². The molecule has 0 saturated carbocycles. The van der Waals surface area contributed by atoms with Gasteiger partial charge in [0.05, 0.1) is 22.4 Å². The van der Waals surface area contributed by atoms with E-state index in [1.807, 2.05) is 24.3 Å². The zero-order valence-corrected chi connectivity index (χ0v) is 16.7. The Morgan fingerprint density at radius 3 is 1.94 bits per heavy atom. The standard InChI is InChI=1S/C25H18N2O4/c1-25-18-8-4-2-6-16(18)20(17-7-3-5-9-19(17)25)21-22(25)24(29)26(23(21)28)14-10-12-15(13-11-14)27(30)31/h2-13,20-22H,1H3/t20?,21-,22+,25?/m1/s1. The molecule has 3 aliphatic carbocycles. The lowest BCUT2D eigenvalue weighted by Gasteiger charge is -2.52. The molecule has 0 aromatic heterocycles. The Bertz CT molecular complexity index is 1250. The van der Waals surface area contributed by atoms with Crippen LogP contribution in [0.3, 0.4) is 0 Å². The van der Waals surface area contributed by atoms with Gasteiger partial charge in [0.2, 0.25) is 11.8 Å². The summed E-state index contributed by atoms with van der Waals surface area (Å²) in [5.74, 6) is -1.65. The van der Waals surface area contributed by atoms with Gasteiger partial charge in [0.1, 0.15) is 0 Å². The molecule has 3 aromatic rings. The van der Waals surface area contributed by atoms with Crippen molar-refractivity contribution in [3.8, 4) is 0 Å². The van der Waals surface area contributed by atoms with Crippen molar-refractivity contribution in [1.82, 2.24) is 0 Å². The number of anilines is 1. The maximum absolute atomic E-state index is 13.8. The van der Waals surface area contributed by atoms with E-state index >= 15 is 0 Å². The van der Waals surface area contributed by atoms with Gasteiger partial charge in [-0.15, -0.1) is 0 Å². The van der Waals surface area contributed by atoms with Crippen molar-refractivity contribution in [2.75, 3.05) is 4.90 Å². The lowest BCUT2D eigenvalue weighted by atomic mass is 9.48. The molecule has 1 aliphatic heterocycles. The van der Waals surface area contributed by atoms with E-state index in [9.17, 15) is 19.7 Å². The molecular formula is C25H18N2O4. The highest BCUT2D eigenvalue weighted by Crippen LogP contribution is 2.64. The van der Waals surface area contributed by atoms with Gasteiger partial charge in [-0.3, -0.25) is 19.7 Å². The molecule has 0 radical (unpaired) electrons. The molecule has 1 heterocycles. The van der Waals surface area contributed by atoms with E-state index in [0.717, 1.165) is 22.3 Å². The number of nitro groups is 1. The van der Waals surface area contributed by atoms with Crippen LogP contribution in [0.2, 0.25) is 0 Å². The fourth-order valence-corrected chi connectivity index (χ4v) is 6.13. The zero-order valence-electron chi connectivity index (χ0n) is 16.7. The number of hydrogen-bond donors (Lipinski definition) is 0. The molecule has 4 aliphatic rings. The first-order valence-corrected chi connectivity index (χ1v) is 10.3. The minimum absolute atomic E-state index is 0.0768. The fraction of sp³-hybridized carbons (Fsp3) is 0.200. The third kappa shape index (κ3) is 2.06. The predicted molar refractivity (Wildman–Crippen MR) is 114 cm³/mol. The highest BCUT2D eigenvalue weighted by atomic mass is 16.6. The molecule has 0 N–H and O–H groups in total. The summed E-state index contributed by atoms with van der Waals surface area (Å²) in [6.45, 7) is 2.07. The van der Waals surface area contributed by atoms with Crippen LogP contribution in [0.15, 0.2) is 72.8 Å². The maximum Gasteiger partial charge on any atom is 0.269 e. The minimum atomic E-state index is -0.616. The topological polar surface area (TPSA) is 80.5 Å². The van der Waals surface area contributed by atoms with Gasteiger partial charge in [-0.25, -0.2) is 4.90 Å². The van der Waals surface area contributed by atoms with Crippen LogP contribution in [-0.4, -0.2) is 16.7 Å². The smallest absolute Gasteiger partial charge is 0.269 e. The molecule has 6 heteroatoms. The monoisotopic (exact) mass is 410 g/mol. The number of carbonyl (C=O) groups is 2. The van der Waals surface area contributed by atoms with Gasteiger partial charge in [0.25, 0.3) is 5.69 Å². The van der Waals surface area contributed by atoms with E-state index in [2.05, 4.69) is 31.2 Å². The normalized spacial score (nSPS) is 27.6. The first-order chi connectivity index (χ1) is 14.9. The molecule has 2 bridgehead atoms. The number of benzene rings is 3. The second-order valence-electron chi connectivity index (χ2n) is 8.64. The molecule has 2 atom stereocenters. The Balaban J connectivity index is 1.55. The van der Waals surface area contributed by atoms with Crippen LogP contribution in [0.1, 0.15) is 35.1 Å². The van der Waals surface area contributed by atoms with E-state index in [-0.39, 0.29) is 23.4 Å². The highest BCUT2D eigenvalue weighted by Gasteiger charge is 2.66. The Kier molecular flexibility index (Phi) is 3.41. The molecule has 7 rings (SSSR count). The Hall–Kier alpha value is -3.80. The lowest BCUT2D eigenvalue weighted by Crippen LogP contribution is -2.51. The molecule has 2 amide bonds. The van der Waals surface area contributed by atoms with Crippen molar-refractivity contribution in [3.05, 3.63) is 105 Å². The molecular weight excluding hydrogens is 392 g/mol. The Morgan fingerprint density at radius 1 is 0.839 bits per heavy atom. The van der Waals surface area contributed by atoms with Crippen LogP contribution in [0.5, 0.6) is 0 Å². The third-order valence-corrected chi connectivity index (χ3v) is 7.36. The van der Waals surface area contributed by atoms with E-state index < -0.39 is 22.2 Å². The second kappa shape index (κ2) is 5.88. The summed E-state index contributed by atoms with van der Waals surface area (Å²) in [5, 5.41) is 11.0. The van der Waals surface area contributed by atoms with Crippen molar-refractivity contribution in [3.63, 3.8) is 0 Å². The minimum Gasteiger partial charge on any atom is -0.274 e. The number of carbonyl (C=O) groups excluding carboxylic acids is 2. The molecule has 3 aromatic carbocycles. The van der Waals surface area contributed by atoms with E-state index in [1.165, 1.54) is 29.2 Å². The summed E-state index contributed by atoms with van der Waals surface area (Å²) in [6, 6.07) is 21.8. The molecule has 0 spiro atoms. The number of nitro benzene ring substituents is 1. The Labute approximate surface area is 178 Å². The van der Waals surface area contributed by atoms with Crippen molar-refractivity contribution < 1.29 is 14.5 Å². The predicted octanol–water partition coefficient (Wildman–Crippen LogP) is 4.17. The van der Waals surface area contributed by atoms with Crippen molar-refractivity contribution >= 4 is 23.2 Å². The second-order valence-corrected chi connectivity index (χ2v) is 8.64. The van der Waals surface area contributed by atoms with Crippen LogP contribution < -0.4 is 4.90 Å². The van der Waals surface area contributed by atoms with E-state index in [0.29, 0.717) is 5.69 Å². The van der Waals surface area contributed by atoms with Crippen molar-refractivity contribution in [2.24, 2.45) is 11.8 Å². The first kappa shape index (κ1) is 18.0. The molecule has 1 fully saturated rings. The number of nitrogens with zero attached hydrogens (tertiary/aromatic N) is 2. The van der Waals surface area contributed by atoms with Crippen LogP contribution in [0.4, 0.5) is 11.4 Å². The average molecular weight is 410 g/mol. The lowest BCUT2D eigenvalue weighted by molar-refractivity contribution is -0.384. The number of amides is 2. The van der Waals surface area contributed by atoms with E-state index in [4.69, 9.17) is 0 Å². The van der Waals surface area contributed by atoms with Gasteiger partial charge >= 0.3 is 0 Å². The number of hydrogen-bond acceptors (Lipinski definition) is 4. The van der Waals surface area contributed by atoms with Crippen molar-refractivity contribution in [1.29, 1.82) is 0 Å². The average Bonchev–Trinajstić information content (AvgIpc) is 3.06. The third-order valence-electron chi connectivity index (χ3n) is 7.36. The molecule has 0 unspecified atom stereocenters. The molecule has 6 nitrogen and oxygen atoms in total. The first-order valence-electron chi connectivity index (χ1n) is 10.3. The van der Waals surface area contributed by atoms with Crippen LogP contribution >= 0.6 is 0 Å². The van der Waals surface area contributed by atoms with Gasteiger partial charge in [-0.1, -0.05) is 55.5 Å². The number of rotatable bonds is 2. The summed E-state index contributed by atoms with van der Waals surface area (Å²) in [4.78, 5) is 39.2. The zero-order chi connectivity index (χ0) is 21.5. The Morgan fingerprint density at radius 2 is 1.39 bits per heavy atom. The van der Waals surface area contributed by atoms with Gasteiger partial charge in [-0.05, 0) is 34.4 Å². The number of imide groups is 1. The SMILES string of the molecule is CC12c3ccccc3C(c3ccccc31)[C@H]1C(=O)N(c3ccc([N+](=O)[O-])cc3)C(=O)[C@H]12. The van der Waals surface area contributed by atoms with Gasteiger partial charge in [-0.2, -0.15) is 0 Å². The van der Waals surface area contributed by atoms with Crippen LogP contribution in [0, 0.1) is 22.0 Å². The van der Waals surface area contributed by atoms with Crippen LogP contribution in [-0.2, 0) is 15.0 Å². The number of non-ortho nitro benzene ring substituents is 1. The summed E-state index contributed by atoms with van der Waals surface area (Å²) >= 11 is 0. The van der Waals surface area contributed by atoms with Gasteiger partial charge < -0.3 is 0 Å². The largest absolute Gasteiger partial charge is 0.274 e. The van der Waals surface area contributed by atoms with Crippen LogP contribution in [0.25, 0.3) is 0 Å². The molecule has 1 saturated heterocycles. The van der Waals surface area contributed by atoms with Gasteiger partial charge in [0.15, 0.2) is 0 Å². The summed E-state index contributed by atoms with van der Waals surface area (Å²) in [6.07, 6.45) is 0. The van der Waals surface area contributed by atoms with Crippen molar-refractivity contribution in [2.45, 2.75) is 18.3 Å². The van der Waals surface area contributed by atoms with E-state index in [1.54, 1.807) is 0 Å². The highest BCUT2D eigenvalue weighted by molar-refractivity contribution is 6.23. The molecule has 152 valence electrons. The summed E-state index contributed by atoms with van der Waals surface area (Å²) in [5.41, 5.74) is 4.11. The summed E-state index contributed by atoms with van der Waals surface area (Å²) < 4.78 is 0. The summed E-state index contributed by atoms with van der Waals surface area (Å²) in [7, 11) is 0.